The molecule has 2 aromatic rings. The molecule has 0 aliphatic heterocycles. The van der Waals surface area contributed by atoms with Crippen molar-refractivity contribution in [3.8, 4) is 11.5 Å². The second-order valence-corrected chi connectivity index (χ2v) is 8.17. The first-order valence-corrected chi connectivity index (χ1v) is 11.1. The molecule has 1 saturated carbocycles. The fourth-order valence-electron chi connectivity index (χ4n) is 3.91. The van der Waals surface area contributed by atoms with Gasteiger partial charge >= 0.3 is 0 Å². The normalized spacial score (nSPS) is 19.0. The van der Waals surface area contributed by atoms with Gasteiger partial charge in [0, 0.05) is 29.2 Å². The molecule has 5 heteroatoms. The molecule has 0 amide bonds. The highest BCUT2D eigenvalue weighted by Crippen LogP contribution is 2.33. The van der Waals surface area contributed by atoms with Crippen LogP contribution in [0.15, 0.2) is 42.5 Å². The maximum atomic E-state index is 9.09. The summed E-state index contributed by atoms with van der Waals surface area (Å²) in [5, 5.41) is 13.5. The number of rotatable bonds is 10. The van der Waals surface area contributed by atoms with Gasteiger partial charge in [-0.2, -0.15) is 0 Å². The van der Waals surface area contributed by atoms with Crippen LogP contribution in [-0.4, -0.2) is 31.0 Å². The van der Waals surface area contributed by atoms with Crippen molar-refractivity contribution in [2.24, 2.45) is 5.92 Å². The van der Waals surface area contributed by atoms with Crippen LogP contribution in [0.2, 0.25) is 5.02 Å². The van der Waals surface area contributed by atoms with E-state index in [1.54, 1.807) is 0 Å². The van der Waals surface area contributed by atoms with Crippen molar-refractivity contribution in [2.75, 3.05) is 25.1 Å². The Kier molecular flexibility index (Phi) is 8.51. The molecule has 3 rings (SSSR count). The minimum Gasteiger partial charge on any atom is -0.489 e. The van der Waals surface area contributed by atoms with Crippen molar-refractivity contribution >= 4 is 17.3 Å². The van der Waals surface area contributed by atoms with Gasteiger partial charge in [0.1, 0.15) is 6.61 Å². The first-order valence-electron chi connectivity index (χ1n) is 10.7. The van der Waals surface area contributed by atoms with Gasteiger partial charge in [0.25, 0.3) is 0 Å². The van der Waals surface area contributed by atoms with E-state index in [0.717, 1.165) is 28.6 Å². The molecule has 0 bridgehead atoms. The van der Waals surface area contributed by atoms with E-state index >= 15 is 0 Å². The molecule has 1 aliphatic rings. The first kappa shape index (κ1) is 21.8. The predicted octanol–water partition coefficient (Wildman–Crippen LogP) is 5.71. The molecule has 0 spiro atoms. The predicted molar refractivity (Wildman–Crippen MR) is 119 cm³/mol. The minimum absolute atomic E-state index is 0.0252. The number of benzene rings is 2. The lowest BCUT2D eigenvalue weighted by Gasteiger charge is -2.29. The Bertz CT molecular complexity index is 760. The van der Waals surface area contributed by atoms with E-state index in [0.29, 0.717) is 24.1 Å². The van der Waals surface area contributed by atoms with Crippen molar-refractivity contribution in [1.29, 1.82) is 0 Å². The van der Waals surface area contributed by atoms with E-state index in [-0.39, 0.29) is 13.2 Å². The summed E-state index contributed by atoms with van der Waals surface area (Å²) in [5.41, 5.74) is 2.19. The van der Waals surface area contributed by atoms with Crippen LogP contribution in [0, 0.1) is 5.92 Å². The zero-order valence-corrected chi connectivity index (χ0v) is 18.0. The maximum absolute atomic E-state index is 9.09. The van der Waals surface area contributed by atoms with Gasteiger partial charge in [0.2, 0.25) is 0 Å². The Morgan fingerprint density at radius 3 is 2.52 bits per heavy atom. The lowest BCUT2D eigenvalue weighted by atomic mass is 9.84. The van der Waals surface area contributed by atoms with Gasteiger partial charge in [-0.1, -0.05) is 37.1 Å². The van der Waals surface area contributed by atoms with E-state index in [1.807, 2.05) is 42.5 Å². The molecule has 2 aromatic carbocycles. The lowest BCUT2D eigenvalue weighted by Crippen LogP contribution is -2.25. The number of anilines is 1. The van der Waals surface area contributed by atoms with Gasteiger partial charge in [0.05, 0.1) is 13.2 Å². The molecular formula is C24H32ClNO3. The monoisotopic (exact) mass is 417 g/mol. The van der Waals surface area contributed by atoms with Crippen LogP contribution in [0.1, 0.15) is 44.6 Å². The summed E-state index contributed by atoms with van der Waals surface area (Å²) in [5.74, 6) is 2.24. The Morgan fingerprint density at radius 1 is 1.00 bits per heavy atom. The van der Waals surface area contributed by atoms with Crippen LogP contribution in [-0.2, 0) is 6.42 Å². The van der Waals surface area contributed by atoms with E-state index in [2.05, 4.69) is 12.2 Å². The Hall–Kier alpha value is -1.91. The zero-order chi connectivity index (χ0) is 20.5. The fraction of sp³-hybridized carbons (Fsp3) is 0.500. The molecule has 0 saturated heterocycles. The molecule has 158 valence electrons. The van der Waals surface area contributed by atoms with Crippen LogP contribution in [0.3, 0.4) is 0 Å². The molecule has 0 aromatic heterocycles. The highest BCUT2D eigenvalue weighted by atomic mass is 35.5. The third-order valence-electron chi connectivity index (χ3n) is 5.62. The van der Waals surface area contributed by atoms with Gasteiger partial charge < -0.3 is 19.9 Å². The van der Waals surface area contributed by atoms with Crippen molar-refractivity contribution in [3.63, 3.8) is 0 Å². The van der Waals surface area contributed by atoms with Gasteiger partial charge in [0.15, 0.2) is 11.5 Å². The van der Waals surface area contributed by atoms with Crippen molar-refractivity contribution < 1.29 is 14.6 Å². The van der Waals surface area contributed by atoms with Crippen molar-refractivity contribution in [1.82, 2.24) is 0 Å². The second-order valence-electron chi connectivity index (χ2n) is 7.73. The third-order valence-corrected chi connectivity index (χ3v) is 5.86. The Labute approximate surface area is 179 Å². The summed E-state index contributed by atoms with van der Waals surface area (Å²) in [6.45, 7) is 3.04. The largest absolute Gasteiger partial charge is 0.489 e. The summed E-state index contributed by atoms with van der Waals surface area (Å²) in [4.78, 5) is 0. The number of ether oxygens (including phenoxy) is 2. The number of nitrogens with one attached hydrogen (secondary N) is 1. The standard InChI is InChI=1S/C24H32ClNO3/c1-2-18-6-8-21(9-7-18)26-22-10-11-23(29-15-13-27)24(17-22)28-14-12-19-4-3-5-20(25)16-19/h3-5,10-11,16-18,21,26-27H,2,6-9,12-15H2,1H3. The molecule has 1 fully saturated rings. The van der Waals surface area contributed by atoms with Gasteiger partial charge in [-0.05, 0) is 61.4 Å². The van der Waals surface area contributed by atoms with E-state index in [1.165, 1.54) is 32.1 Å². The van der Waals surface area contributed by atoms with E-state index in [9.17, 15) is 0 Å². The third kappa shape index (κ3) is 6.83. The van der Waals surface area contributed by atoms with E-state index in [4.69, 9.17) is 26.2 Å². The highest BCUT2D eigenvalue weighted by molar-refractivity contribution is 6.30. The van der Waals surface area contributed by atoms with Crippen LogP contribution < -0.4 is 14.8 Å². The molecule has 29 heavy (non-hydrogen) atoms. The van der Waals surface area contributed by atoms with Crippen LogP contribution in [0.4, 0.5) is 5.69 Å². The SMILES string of the molecule is CCC1CCC(Nc2ccc(OCCO)c(OCCc3cccc(Cl)c3)c2)CC1. The van der Waals surface area contributed by atoms with Crippen LogP contribution in [0.5, 0.6) is 11.5 Å². The van der Waals surface area contributed by atoms with Gasteiger partial charge in [-0.15, -0.1) is 0 Å². The molecule has 0 radical (unpaired) electrons. The number of halogens is 1. The van der Waals surface area contributed by atoms with Crippen LogP contribution in [0.25, 0.3) is 0 Å². The summed E-state index contributed by atoms with van der Waals surface area (Å²) in [6.07, 6.45) is 7.08. The summed E-state index contributed by atoms with van der Waals surface area (Å²) in [6, 6.07) is 14.3. The Balaban J connectivity index is 1.62. The summed E-state index contributed by atoms with van der Waals surface area (Å²) >= 11 is 6.06. The molecule has 0 heterocycles. The fourth-order valence-corrected chi connectivity index (χ4v) is 4.12. The average molecular weight is 418 g/mol. The minimum atomic E-state index is -0.0252. The number of aliphatic hydroxyl groups excluding tert-OH is 1. The number of aliphatic hydroxyl groups is 1. The second kappa shape index (κ2) is 11.3. The molecule has 0 atom stereocenters. The Morgan fingerprint density at radius 2 is 1.79 bits per heavy atom. The highest BCUT2D eigenvalue weighted by Gasteiger charge is 2.20. The molecular weight excluding hydrogens is 386 g/mol. The molecule has 4 nitrogen and oxygen atoms in total. The van der Waals surface area contributed by atoms with Gasteiger partial charge in [-0.3, -0.25) is 0 Å². The maximum Gasteiger partial charge on any atom is 0.163 e. The summed E-state index contributed by atoms with van der Waals surface area (Å²) in [7, 11) is 0. The summed E-state index contributed by atoms with van der Waals surface area (Å²) < 4.78 is 11.7. The van der Waals surface area contributed by atoms with Crippen molar-refractivity contribution in [3.05, 3.63) is 53.1 Å². The number of hydrogen-bond acceptors (Lipinski definition) is 4. The number of hydrogen-bond donors (Lipinski definition) is 2. The first-order chi connectivity index (χ1) is 14.2. The zero-order valence-electron chi connectivity index (χ0n) is 17.2. The average Bonchev–Trinajstić information content (AvgIpc) is 2.74. The molecule has 2 N–H and O–H groups in total. The smallest absolute Gasteiger partial charge is 0.163 e. The lowest BCUT2D eigenvalue weighted by molar-refractivity contribution is 0.193. The topological polar surface area (TPSA) is 50.7 Å². The van der Waals surface area contributed by atoms with Crippen molar-refractivity contribution in [2.45, 2.75) is 51.5 Å². The van der Waals surface area contributed by atoms with Gasteiger partial charge in [-0.25, -0.2) is 0 Å². The molecule has 0 unspecified atom stereocenters. The quantitative estimate of drug-likeness (QED) is 0.519. The van der Waals surface area contributed by atoms with Crippen LogP contribution >= 0.6 is 11.6 Å². The van der Waals surface area contributed by atoms with E-state index < -0.39 is 0 Å². The molecule has 1 aliphatic carbocycles.